The third-order valence-electron chi connectivity index (χ3n) is 4.18. The van der Waals surface area contributed by atoms with Crippen LogP contribution in [0.5, 0.6) is 0 Å². The summed E-state index contributed by atoms with van der Waals surface area (Å²) in [5.41, 5.74) is 8.64. The van der Waals surface area contributed by atoms with Crippen LogP contribution < -0.4 is 5.73 Å². The molecule has 0 amide bonds. The van der Waals surface area contributed by atoms with Crippen molar-refractivity contribution in [3.8, 4) is 0 Å². The molecule has 2 N–H and O–H groups in total. The van der Waals surface area contributed by atoms with Gasteiger partial charge in [-0.15, -0.1) is 0 Å². The number of nitrogens with two attached hydrogens (primary N) is 1. The van der Waals surface area contributed by atoms with Gasteiger partial charge in [-0.1, -0.05) is 37.3 Å². The second kappa shape index (κ2) is 5.70. The molecule has 0 aliphatic heterocycles. The number of benzene rings is 2. The van der Waals surface area contributed by atoms with E-state index < -0.39 is 10.8 Å². The van der Waals surface area contributed by atoms with Gasteiger partial charge in [0.05, 0.1) is 16.0 Å². The van der Waals surface area contributed by atoms with Gasteiger partial charge in [0.2, 0.25) is 0 Å². The molecule has 0 heterocycles. The predicted octanol–water partition coefficient (Wildman–Crippen LogP) is 3.51. The Morgan fingerprint density at radius 3 is 2.57 bits per heavy atom. The van der Waals surface area contributed by atoms with Gasteiger partial charge in [0.15, 0.2) is 0 Å². The number of hydrogen-bond donors (Lipinski definition) is 1. The van der Waals surface area contributed by atoms with Gasteiger partial charge >= 0.3 is 0 Å². The highest BCUT2D eigenvalue weighted by molar-refractivity contribution is 7.85. The summed E-state index contributed by atoms with van der Waals surface area (Å²) in [4.78, 5) is 0.516. The first-order valence-electron chi connectivity index (χ1n) is 7.08. The number of fused-ring (bicyclic) bond motifs is 1. The first kappa shape index (κ1) is 14.4. The largest absolute Gasteiger partial charge is 0.323 e. The van der Waals surface area contributed by atoms with E-state index in [9.17, 15) is 8.60 Å². The molecule has 0 saturated carbocycles. The van der Waals surface area contributed by atoms with Crippen molar-refractivity contribution in [3.05, 3.63) is 65.5 Å². The van der Waals surface area contributed by atoms with E-state index >= 15 is 0 Å². The highest BCUT2D eigenvalue weighted by atomic mass is 32.2. The van der Waals surface area contributed by atoms with Crippen molar-refractivity contribution in [2.75, 3.05) is 0 Å². The van der Waals surface area contributed by atoms with Gasteiger partial charge in [-0.3, -0.25) is 4.21 Å². The van der Waals surface area contributed by atoms with E-state index in [0.29, 0.717) is 10.8 Å². The van der Waals surface area contributed by atoms with Gasteiger partial charge in [-0.2, -0.15) is 0 Å². The molecule has 4 heteroatoms. The molecule has 1 aliphatic rings. The van der Waals surface area contributed by atoms with Crippen LogP contribution in [0, 0.1) is 5.82 Å². The third-order valence-corrected chi connectivity index (χ3v) is 5.93. The first-order chi connectivity index (χ1) is 10.1. The molecule has 4 atom stereocenters. The van der Waals surface area contributed by atoms with E-state index in [-0.39, 0.29) is 17.1 Å². The van der Waals surface area contributed by atoms with Crippen LogP contribution in [0.1, 0.15) is 36.4 Å². The van der Waals surface area contributed by atoms with Crippen molar-refractivity contribution in [3.63, 3.8) is 0 Å². The van der Waals surface area contributed by atoms with Crippen LogP contribution in [-0.2, 0) is 10.8 Å². The zero-order valence-electron chi connectivity index (χ0n) is 11.8. The molecule has 0 aromatic heterocycles. The lowest BCUT2D eigenvalue weighted by molar-refractivity contribution is 0.513. The van der Waals surface area contributed by atoms with E-state index in [1.165, 1.54) is 17.7 Å². The Labute approximate surface area is 126 Å². The summed E-state index contributed by atoms with van der Waals surface area (Å²) >= 11 is 0. The van der Waals surface area contributed by atoms with Crippen molar-refractivity contribution >= 4 is 10.8 Å². The quantitative estimate of drug-likeness (QED) is 0.922. The van der Waals surface area contributed by atoms with Crippen molar-refractivity contribution in [1.82, 2.24) is 0 Å². The average Bonchev–Trinajstić information content (AvgIpc) is 2.50. The van der Waals surface area contributed by atoms with Crippen LogP contribution >= 0.6 is 0 Å². The van der Waals surface area contributed by atoms with Crippen molar-refractivity contribution in [2.24, 2.45) is 5.73 Å². The molecule has 3 rings (SSSR count). The number of hydrogen-bond acceptors (Lipinski definition) is 2. The third kappa shape index (κ3) is 2.65. The topological polar surface area (TPSA) is 43.1 Å². The molecule has 2 aromatic carbocycles. The van der Waals surface area contributed by atoms with E-state index in [1.807, 2.05) is 18.2 Å². The van der Waals surface area contributed by atoms with Crippen LogP contribution in [0.4, 0.5) is 4.39 Å². The van der Waals surface area contributed by atoms with Gasteiger partial charge in [0.1, 0.15) is 5.82 Å². The average molecular weight is 303 g/mol. The fourth-order valence-corrected chi connectivity index (χ4v) is 4.74. The predicted molar refractivity (Wildman–Crippen MR) is 83.0 cm³/mol. The Kier molecular flexibility index (Phi) is 3.91. The summed E-state index contributed by atoms with van der Waals surface area (Å²) in [5, 5.41) is -0.184. The Morgan fingerprint density at radius 1 is 1.14 bits per heavy atom. The summed E-state index contributed by atoms with van der Waals surface area (Å²) in [6, 6.07) is 13.8. The van der Waals surface area contributed by atoms with Gasteiger partial charge in [-0.05, 0) is 41.7 Å². The molecular formula is C17H18FNOS. The van der Waals surface area contributed by atoms with Gasteiger partial charge in [0.25, 0.3) is 0 Å². The maximum Gasteiger partial charge on any atom is 0.124 e. The van der Waals surface area contributed by atoms with Crippen molar-refractivity contribution in [2.45, 2.75) is 35.4 Å². The number of halogens is 1. The summed E-state index contributed by atoms with van der Waals surface area (Å²) in [6.07, 6.45) is 0.751. The molecule has 21 heavy (non-hydrogen) atoms. The lowest BCUT2D eigenvalue weighted by Crippen LogP contribution is -2.36. The molecule has 0 fully saturated rings. The molecule has 1 aliphatic carbocycles. The molecular weight excluding hydrogens is 285 g/mol. The Bertz CT molecular complexity index is 688. The van der Waals surface area contributed by atoms with Crippen molar-refractivity contribution in [1.29, 1.82) is 0 Å². The number of rotatable bonds is 2. The standard InChI is InChI=1S/C17H18FNOS/c1-11-9-16(17(19)15-8-3-2-7-14(11)15)21(20)13-6-4-5-12(18)10-13/h2-8,10-11,16-17H,9,19H2,1H3. The zero-order valence-corrected chi connectivity index (χ0v) is 12.6. The van der Waals surface area contributed by atoms with Crippen LogP contribution in [0.25, 0.3) is 0 Å². The van der Waals surface area contributed by atoms with Gasteiger partial charge < -0.3 is 5.73 Å². The second-order valence-electron chi connectivity index (χ2n) is 5.58. The molecule has 2 nitrogen and oxygen atoms in total. The first-order valence-corrected chi connectivity index (χ1v) is 8.30. The summed E-state index contributed by atoms with van der Waals surface area (Å²) in [6.45, 7) is 2.13. The van der Waals surface area contributed by atoms with E-state index in [0.717, 1.165) is 12.0 Å². The minimum Gasteiger partial charge on any atom is -0.323 e. The molecule has 110 valence electrons. The summed E-state index contributed by atoms with van der Waals surface area (Å²) in [5.74, 6) is -0.0535. The minimum absolute atomic E-state index is 0.184. The fraction of sp³-hybridized carbons (Fsp3) is 0.294. The molecule has 4 unspecified atom stereocenters. The van der Waals surface area contributed by atoms with Crippen LogP contribution in [0.2, 0.25) is 0 Å². The highest BCUT2D eigenvalue weighted by Crippen LogP contribution is 2.39. The van der Waals surface area contributed by atoms with Crippen LogP contribution in [-0.4, -0.2) is 9.46 Å². The highest BCUT2D eigenvalue weighted by Gasteiger charge is 2.34. The van der Waals surface area contributed by atoms with Crippen molar-refractivity contribution < 1.29 is 8.60 Å². The maximum absolute atomic E-state index is 13.3. The fourth-order valence-electron chi connectivity index (χ4n) is 3.07. The molecule has 0 bridgehead atoms. The Hall–Kier alpha value is -1.52. The SMILES string of the molecule is CC1CC(S(=O)c2cccc(F)c2)C(N)c2ccccc21. The second-order valence-corrected chi connectivity index (χ2v) is 7.26. The normalized spacial score (nSPS) is 26.1. The van der Waals surface area contributed by atoms with Gasteiger partial charge in [0, 0.05) is 10.9 Å². The maximum atomic E-state index is 13.3. The van der Waals surface area contributed by atoms with Crippen LogP contribution in [0.3, 0.4) is 0 Å². The lowest BCUT2D eigenvalue weighted by atomic mass is 9.81. The smallest absolute Gasteiger partial charge is 0.124 e. The Balaban J connectivity index is 1.96. The lowest BCUT2D eigenvalue weighted by Gasteiger charge is -2.34. The van der Waals surface area contributed by atoms with E-state index in [2.05, 4.69) is 13.0 Å². The van der Waals surface area contributed by atoms with Crippen LogP contribution in [0.15, 0.2) is 53.4 Å². The van der Waals surface area contributed by atoms with E-state index in [1.54, 1.807) is 12.1 Å². The molecule has 0 spiro atoms. The Morgan fingerprint density at radius 2 is 1.86 bits per heavy atom. The monoisotopic (exact) mass is 303 g/mol. The minimum atomic E-state index is -1.30. The zero-order chi connectivity index (χ0) is 15.0. The van der Waals surface area contributed by atoms with E-state index in [4.69, 9.17) is 5.73 Å². The molecule has 2 aromatic rings. The molecule has 0 saturated heterocycles. The summed E-state index contributed by atoms with van der Waals surface area (Å²) < 4.78 is 26.1. The van der Waals surface area contributed by atoms with Gasteiger partial charge in [-0.25, -0.2) is 4.39 Å². The summed E-state index contributed by atoms with van der Waals surface area (Å²) in [7, 11) is -1.30. The molecule has 0 radical (unpaired) electrons.